The van der Waals surface area contributed by atoms with E-state index >= 15 is 0 Å². The first kappa shape index (κ1) is 28.9. The number of alkyl halides is 3. The zero-order valence-electron chi connectivity index (χ0n) is 22.9. The number of nitrogens with one attached hydrogen (secondary N) is 1. The van der Waals surface area contributed by atoms with Crippen LogP contribution in [-0.4, -0.2) is 16.5 Å². The largest absolute Gasteiger partial charge is 0.449 e. The monoisotopic (exact) mass is 588 g/mol. The molecule has 0 saturated heterocycles. The van der Waals surface area contributed by atoms with Crippen molar-refractivity contribution in [2.24, 2.45) is 10.8 Å². The van der Waals surface area contributed by atoms with Crippen LogP contribution < -0.4 is 10.1 Å². The smallest absolute Gasteiger partial charge is 0.416 e. The van der Waals surface area contributed by atoms with E-state index in [1.807, 2.05) is 27.7 Å². The van der Waals surface area contributed by atoms with Gasteiger partial charge in [0.25, 0.3) is 0 Å². The van der Waals surface area contributed by atoms with Crippen LogP contribution in [0.2, 0.25) is 5.02 Å². The first-order valence-electron chi connectivity index (χ1n) is 13.1. The Morgan fingerprint density at radius 1 is 0.902 bits per heavy atom. The van der Waals surface area contributed by atoms with Gasteiger partial charge in [0.15, 0.2) is 11.6 Å². The lowest BCUT2D eigenvalue weighted by Gasteiger charge is -2.44. The van der Waals surface area contributed by atoms with Crippen molar-refractivity contribution in [2.45, 2.75) is 65.5 Å². The van der Waals surface area contributed by atoms with Crippen LogP contribution in [-0.2, 0) is 15.8 Å². The van der Waals surface area contributed by atoms with Gasteiger partial charge in [-0.25, -0.2) is 0 Å². The summed E-state index contributed by atoms with van der Waals surface area (Å²) in [6, 6.07) is 6.57. The minimum Gasteiger partial charge on any atom is -0.449 e. The van der Waals surface area contributed by atoms with Crippen molar-refractivity contribution in [1.82, 2.24) is 5.32 Å². The van der Waals surface area contributed by atoms with Gasteiger partial charge in [0.1, 0.15) is 5.75 Å². The van der Waals surface area contributed by atoms with E-state index in [0.29, 0.717) is 54.5 Å². The summed E-state index contributed by atoms with van der Waals surface area (Å²) in [5.41, 5.74) is 0.642. The molecule has 0 unspecified atom stereocenters. The average Bonchev–Trinajstić information content (AvgIpc) is 2.81. The van der Waals surface area contributed by atoms with Gasteiger partial charge in [0.05, 0.1) is 15.5 Å². The summed E-state index contributed by atoms with van der Waals surface area (Å²) in [6.45, 7) is 8.09. The van der Waals surface area contributed by atoms with E-state index in [1.54, 1.807) is 6.07 Å². The number of rotatable bonds is 4. The van der Waals surface area contributed by atoms with Crippen molar-refractivity contribution in [3.8, 4) is 11.5 Å². The molecular formula is C30H28ClF3N2O5. The Morgan fingerprint density at radius 2 is 1.44 bits per heavy atom. The number of benzene rings is 2. The maximum atomic E-state index is 13.5. The second-order valence-corrected chi connectivity index (χ2v) is 12.9. The number of ketones is 2. The third kappa shape index (κ3) is 5.49. The molecule has 2 aromatic carbocycles. The minimum atomic E-state index is -4.77. The molecule has 3 aliphatic rings. The standard InChI is InChI=1S/C30H28ClF3N2O5/c1-28(2)11-18-26(21(37)13-28)25(27-19(35-18)12-29(3,4)14-22(27)38)15-5-7-23(17(31)9-15)41-24-8-6-16(30(32,33)34)10-20(24)36(39)40/h5-10,25,35H,11-14H2,1-4H3. The molecule has 1 N–H and O–H groups in total. The molecule has 2 aliphatic carbocycles. The number of hydrogen-bond donors (Lipinski definition) is 1. The molecule has 0 aromatic heterocycles. The van der Waals surface area contributed by atoms with Gasteiger partial charge in [-0.15, -0.1) is 0 Å². The fourth-order valence-electron chi connectivity index (χ4n) is 6.04. The average molecular weight is 589 g/mol. The number of halogens is 4. The lowest BCUT2D eigenvalue weighted by Crippen LogP contribution is -2.42. The highest BCUT2D eigenvalue weighted by molar-refractivity contribution is 6.32. The fourth-order valence-corrected chi connectivity index (χ4v) is 6.27. The van der Waals surface area contributed by atoms with Crippen molar-refractivity contribution < 1.29 is 32.4 Å². The van der Waals surface area contributed by atoms with E-state index in [0.717, 1.165) is 17.5 Å². The summed E-state index contributed by atoms with van der Waals surface area (Å²) in [4.78, 5) is 37.5. The Labute approximate surface area is 239 Å². The first-order chi connectivity index (χ1) is 19.0. The van der Waals surface area contributed by atoms with Gasteiger partial charge in [0, 0.05) is 47.4 Å². The van der Waals surface area contributed by atoms with E-state index < -0.39 is 34.0 Å². The Balaban J connectivity index is 1.57. The Hall–Kier alpha value is -3.66. The van der Waals surface area contributed by atoms with Gasteiger partial charge in [-0.3, -0.25) is 19.7 Å². The fraction of sp³-hybridized carbons (Fsp3) is 0.400. The van der Waals surface area contributed by atoms with E-state index in [1.165, 1.54) is 12.1 Å². The molecule has 0 spiro atoms. The van der Waals surface area contributed by atoms with Crippen LogP contribution in [0.4, 0.5) is 18.9 Å². The normalized spacial score (nSPS) is 20.4. The molecule has 1 aliphatic heterocycles. The number of nitrogens with zero attached hydrogens (tertiary/aromatic N) is 1. The van der Waals surface area contributed by atoms with Gasteiger partial charge in [-0.05, 0) is 53.5 Å². The summed E-state index contributed by atoms with van der Waals surface area (Å²) in [7, 11) is 0. The van der Waals surface area contributed by atoms with Crippen LogP contribution in [0.25, 0.3) is 0 Å². The molecule has 1 heterocycles. The summed E-state index contributed by atoms with van der Waals surface area (Å²) < 4.78 is 44.9. The zero-order chi connectivity index (χ0) is 30.1. The molecule has 0 atom stereocenters. The van der Waals surface area contributed by atoms with Gasteiger partial charge in [-0.1, -0.05) is 45.4 Å². The van der Waals surface area contributed by atoms with E-state index in [9.17, 15) is 32.9 Å². The number of carbonyl (C=O) groups excluding carboxylic acids is 2. The Bertz CT molecular complexity index is 1520. The van der Waals surface area contributed by atoms with E-state index in [2.05, 4.69) is 5.32 Å². The third-order valence-corrected chi connectivity index (χ3v) is 8.01. The maximum absolute atomic E-state index is 13.5. The number of nitro groups is 1. The molecule has 5 rings (SSSR count). The second kappa shape index (κ2) is 9.72. The topological polar surface area (TPSA) is 98.5 Å². The van der Waals surface area contributed by atoms with Crippen molar-refractivity contribution in [1.29, 1.82) is 0 Å². The maximum Gasteiger partial charge on any atom is 0.416 e. The highest BCUT2D eigenvalue weighted by atomic mass is 35.5. The molecule has 2 aromatic rings. The lowest BCUT2D eigenvalue weighted by molar-refractivity contribution is -0.385. The minimum absolute atomic E-state index is 0.0201. The summed E-state index contributed by atoms with van der Waals surface area (Å²) >= 11 is 6.56. The van der Waals surface area contributed by atoms with Crippen molar-refractivity contribution in [2.75, 3.05) is 0 Å². The predicted molar refractivity (Wildman–Crippen MR) is 146 cm³/mol. The van der Waals surface area contributed by atoms with Gasteiger partial charge >= 0.3 is 11.9 Å². The third-order valence-electron chi connectivity index (χ3n) is 7.71. The van der Waals surface area contributed by atoms with Crippen LogP contribution >= 0.6 is 11.6 Å². The zero-order valence-corrected chi connectivity index (χ0v) is 23.6. The molecule has 0 fully saturated rings. The molecule has 0 saturated carbocycles. The number of nitro benzene ring substituents is 1. The predicted octanol–water partition coefficient (Wildman–Crippen LogP) is 8.03. The second-order valence-electron chi connectivity index (χ2n) is 12.5. The van der Waals surface area contributed by atoms with Gasteiger partial charge < -0.3 is 10.1 Å². The molecule has 0 bridgehead atoms. The van der Waals surface area contributed by atoms with Gasteiger partial charge in [-0.2, -0.15) is 13.2 Å². The first-order valence-corrected chi connectivity index (χ1v) is 13.5. The van der Waals surface area contributed by atoms with Crippen LogP contribution in [0.3, 0.4) is 0 Å². The molecule has 41 heavy (non-hydrogen) atoms. The lowest BCUT2D eigenvalue weighted by atomic mass is 9.64. The number of dihydropyridines is 1. The Morgan fingerprint density at radius 3 is 1.93 bits per heavy atom. The van der Waals surface area contributed by atoms with Crippen LogP contribution in [0.1, 0.15) is 70.4 Å². The summed E-state index contributed by atoms with van der Waals surface area (Å²) in [6.07, 6.45) is -2.88. The quantitative estimate of drug-likeness (QED) is 0.287. The summed E-state index contributed by atoms with van der Waals surface area (Å²) in [5.74, 6) is -1.21. The van der Waals surface area contributed by atoms with Crippen molar-refractivity contribution >= 4 is 28.9 Å². The molecule has 0 radical (unpaired) electrons. The molecule has 11 heteroatoms. The number of Topliss-reactive ketones (excluding diaryl/α,β-unsaturated/α-hetero) is 2. The van der Waals surface area contributed by atoms with Crippen molar-refractivity contribution in [3.05, 3.63) is 85.2 Å². The van der Waals surface area contributed by atoms with Crippen LogP contribution in [0, 0.1) is 20.9 Å². The SMILES string of the molecule is CC1(C)CC(=O)C2=C(C1)NC1=C(C(=O)CC(C)(C)C1)C2c1ccc(Oc2ccc(C(F)(F)F)cc2[N+](=O)[O-])c(Cl)c1. The number of ether oxygens (including phenoxy) is 1. The highest BCUT2D eigenvalue weighted by Crippen LogP contribution is 2.51. The molecule has 216 valence electrons. The van der Waals surface area contributed by atoms with Crippen LogP contribution in [0.5, 0.6) is 11.5 Å². The highest BCUT2D eigenvalue weighted by Gasteiger charge is 2.46. The van der Waals surface area contributed by atoms with Gasteiger partial charge in [0.2, 0.25) is 5.75 Å². The Kier molecular flexibility index (Phi) is 6.84. The number of hydrogen-bond acceptors (Lipinski definition) is 6. The number of allylic oxidation sites excluding steroid dienone is 4. The van der Waals surface area contributed by atoms with E-state index in [-0.39, 0.29) is 33.2 Å². The van der Waals surface area contributed by atoms with Crippen LogP contribution in [0.15, 0.2) is 58.9 Å². The van der Waals surface area contributed by atoms with Crippen molar-refractivity contribution in [3.63, 3.8) is 0 Å². The summed E-state index contributed by atoms with van der Waals surface area (Å²) in [5, 5.41) is 15.0. The van der Waals surface area contributed by atoms with E-state index in [4.69, 9.17) is 16.3 Å². The molecule has 7 nitrogen and oxygen atoms in total. The number of carbonyl (C=O) groups is 2. The molecule has 0 amide bonds. The molecular weight excluding hydrogens is 561 g/mol.